The summed E-state index contributed by atoms with van der Waals surface area (Å²) in [5.74, 6) is 0.519. The fraction of sp³-hybridized carbons (Fsp3) is 0.100. The summed E-state index contributed by atoms with van der Waals surface area (Å²) in [6.07, 6.45) is -4.59. The molecule has 2 heterocycles. The van der Waals surface area contributed by atoms with Gasteiger partial charge in [0.15, 0.2) is 0 Å². The minimum atomic E-state index is -4.59. The van der Waals surface area contributed by atoms with Crippen LogP contribution >= 0.6 is 0 Å². The third-order valence-electron chi connectivity index (χ3n) is 4.16. The summed E-state index contributed by atoms with van der Waals surface area (Å²) in [6.45, 7) is 0. The number of pyridine rings is 1. The molecule has 0 bridgehead atoms. The van der Waals surface area contributed by atoms with E-state index < -0.39 is 11.7 Å². The van der Waals surface area contributed by atoms with E-state index in [1.165, 1.54) is 7.11 Å². The Morgan fingerprint density at radius 1 is 0.926 bits per heavy atom. The number of aromatic nitrogens is 2. The van der Waals surface area contributed by atoms with Crippen molar-refractivity contribution in [2.45, 2.75) is 6.18 Å². The molecular formula is C20H13F3N2O2. The van der Waals surface area contributed by atoms with Crippen molar-refractivity contribution < 1.29 is 22.4 Å². The van der Waals surface area contributed by atoms with Gasteiger partial charge in [-0.15, -0.1) is 0 Å². The molecule has 136 valence electrons. The Hall–Kier alpha value is -3.35. The maximum Gasteiger partial charge on any atom is 0.417 e. The molecule has 0 spiro atoms. The maximum absolute atomic E-state index is 13.8. The number of nitrogens with zero attached hydrogens (tertiary/aromatic N) is 2. The van der Waals surface area contributed by atoms with Crippen molar-refractivity contribution in [1.29, 1.82) is 0 Å². The van der Waals surface area contributed by atoms with E-state index in [1.807, 2.05) is 0 Å². The molecule has 0 amide bonds. The lowest BCUT2D eigenvalue weighted by molar-refractivity contribution is -0.136. The first-order valence-electron chi connectivity index (χ1n) is 8.05. The standard InChI is InChI=1S/C20H13F3N2O2/c1-26-14-9-5-8-13(10-14)16-11-15(20(21,22)23)17-18(25-27-19(17)24-16)12-6-3-2-4-7-12/h2-11H,1H3. The average molecular weight is 370 g/mol. The highest BCUT2D eigenvalue weighted by Gasteiger charge is 2.36. The number of alkyl halides is 3. The monoisotopic (exact) mass is 370 g/mol. The van der Waals surface area contributed by atoms with Crippen LogP contribution < -0.4 is 4.74 Å². The Morgan fingerprint density at radius 3 is 2.37 bits per heavy atom. The van der Waals surface area contributed by atoms with Gasteiger partial charge in [0.25, 0.3) is 5.71 Å². The summed E-state index contributed by atoms with van der Waals surface area (Å²) >= 11 is 0. The van der Waals surface area contributed by atoms with Crippen LogP contribution in [0.15, 0.2) is 65.2 Å². The molecule has 4 nitrogen and oxygen atoms in total. The first-order valence-corrected chi connectivity index (χ1v) is 8.05. The predicted molar refractivity (Wildman–Crippen MR) is 94.2 cm³/mol. The SMILES string of the molecule is COc1cccc(-c2cc(C(F)(F)F)c3c(-c4ccccc4)noc3n2)c1. The quantitative estimate of drug-likeness (QED) is 0.472. The van der Waals surface area contributed by atoms with Gasteiger partial charge in [0.05, 0.1) is 23.8 Å². The summed E-state index contributed by atoms with van der Waals surface area (Å²) in [6, 6.07) is 16.2. The second-order valence-corrected chi connectivity index (χ2v) is 5.86. The summed E-state index contributed by atoms with van der Waals surface area (Å²) in [4.78, 5) is 4.26. The van der Waals surface area contributed by atoms with Gasteiger partial charge < -0.3 is 9.26 Å². The molecule has 2 aromatic heterocycles. The molecule has 0 unspecified atom stereocenters. The molecule has 0 atom stereocenters. The number of ether oxygens (including phenoxy) is 1. The highest BCUT2D eigenvalue weighted by Crippen LogP contribution is 2.41. The fourth-order valence-electron chi connectivity index (χ4n) is 2.90. The van der Waals surface area contributed by atoms with Crippen LogP contribution in [0.25, 0.3) is 33.6 Å². The van der Waals surface area contributed by atoms with Gasteiger partial charge in [-0.25, -0.2) is 4.98 Å². The van der Waals surface area contributed by atoms with Crippen molar-refractivity contribution in [2.24, 2.45) is 0 Å². The molecule has 0 aliphatic rings. The van der Waals surface area contributed by atoms with E-state index in [0.717, 1.165) is 6.07 Å². The van der Waals surface area contributed by atoms with Gasteiger partial charge in [0.1, 0.15) is 11.4 Å². The van der Waals surface area contributed by atoms with Crippen LogP contribution in [0.3, 0.4) is 0 Å². The third kappa shape index (κ3) is 3.12. The molecule has 4 rings (SSSR count). The van der Waals surface area contributed by atoms with Crippen molar-refractivity contribution in [3.8, 4) is 28.3 Å². The van der Waals surface area contributed by atoms with E-state index in [-0.39, 0.29) is 22.5 Å². The third-order valence-corrected chi connectivity index (χ3v) is 4.16. The first kappa shape index (κ1) is 17.1. The average Bonchev–Trinajstić information content (AvgIpc) is 3.11. The van der Waals surface area contributed by atoms with E-state index in [1.54, 1.807) is 54.6 Å². The molecule has 0 aliphatic carbocycles. The van der Waals surface area contributed by atoms with Gasteiger partial charge >= 0.3 is 6.18 Å². The lowest BCUT2D eigenvalue weighted by Gasteiger charge is -2.11. The van der Waals surface area contributed by atoms with Gasteiger partial charge in [-0.1, -0.05) is 47.6 Å². The smallest absolute Gasteiger partial charge is 0.417 e. The van der Waals surface area contributed by atoms with Crippen LogP contribution in [-0.4, -0.2) is 17.3 Å². The minimum Gasteiger partial charge on any atom is -0.497 e. The van der Waals surface area contributed by atoms with E-state index in [0.29, 0.717) is 16.9 Å². The van der Waals surface area contributed by atoms with Crippen molar-refractivity contribution in [1.82, 2.24) is 10.1 Å². The van der Waals surface area contributed by atoms with Crippen molar-refractivity contribution in [3.05, 3.63) is 66.2 Å². The summed E-state index contributed by atoms with van der Waals surface area (Å²) in [5.41, 5.74) is 0.246. The van der Waals surface area contributed by atoms with Crippen LogP contribution in [0.2, 0.25) is 0 Å². The maximum atomic E-state index is 13.8. The first-order chi connectivity index (χ1) is 13.0. The van der Waals surface area contributed by atoms with Crippen molar-refractivity contribution in [3.63, 3.8) is 0 Å². The van der Waals surface area contributed by atoms with Crippen molar-refractivity contribution in [2.75, 3.05) is 7.11 Å². The topological polar surface area (TPSA) is 48.2 Å². The minimum absolute atomic E-state index is 0.114. The van der Waals surface area contributed by atoms with Crippen LogP contribution in [0, 0.1) is 0 Å². The molecule has 2 aromatic carbocycles. The molecule has 0 fully saturated rings. The highest BCUT2D eigenvalue weighted by molar-refractivity contribution is 5.94. The van der Waals surface area contributed by atoms with E-state index in [4.69, 9.17) is 9.26 Å². The van der Waals surface area contributed by atoms with E-state index in [9.17, 15) is 13.2 Å². The van der Waals surface area contributed by atoms with Crippen molar-refractivity contribution >= 4 is 11.1 Å². The number of hydrogen-bond donors (Lipinski definition) is 0. The molecular weight excluding hydrogens is 357 g/mol. The molecule has 0 radical (unpaired) electrons. The Bertz CT molecular complexity index is 1110. The second-order valence-electron chi connectivity index (χ2n) is 5.86. The fourth-order valence-corrected chi connectivity index (χ4v) is 2.90. The van der Waals surface area contributed by atoms with E-state index in [2.05, 4.69) is 10.1 Å². The molecule has 0 N–H and O–H groups in total. The van der Waals surface area contributed by atoms with Gasteiger partial charge in [-0.05, 0) is 18.2 Å². The molecule has 0 aliphatic heterocycles. The Kier molecular flexibility index (Phi) is 4.07. The van der Waals surface area contributed by atoms with Gasteiger partial charge in [0, 0.05) is 11.1 Å². The Morgan fingerprint density at radius 2 is 1.67 bits per heavy atom. The second kappa shape index (κ2) is 6.42. The Labute approximate surface area is 152 Å². The summed E-state index contributed by atoms with van der Waals surface area (Å²) in [7, 11) is 1.49. The Balaban J connectivity index is 1.98. The largest absolute Gasteiger partial charge is 0.497 e. The molecule has 0 saturated carbocycles. The zero-order chi connectivity index (χ0) is 19.0. The summed E-state index contributed by atoms with van der Waals surface area (Å²) < 4.78 is 51.7. The van der Waals surface area contributed by atoms with Crippen LogP contribution in [0.1, 0.15) is 5.56 Å². The van der Waals surface area contributed by atoms with Crippen LogP contribution in [0.4, 0.5) is 13.2 Å². The highest BCUT2D eigenvalue weighted by atomic mass is 19.4. The normalized spacial score (nSPS) is 11.7. The molecule has 27 heavy (non-hydrogen) atoms. The van der Waals surface area contributed by atoms with Crippen LogP contribution in [-0.2, 0) is 6.18 Å². The number of halogens is 3. The number of hydrogen-bond acceptors (Lipinski definition) is 4. The lowest BCUT2D eigenvalue weighted by Crippen LogP contribution is -2.07. The number of methoxy groups -OCH3 is 1. The van der Waals surface area contributed by atoms with E-state index >= 15 is 0 Å². The molecule has 4 aromatic rings. The number of benzene rings is 2. The number of fused-ring (bicyclic) bond motifs is 1. The molecule has 7 heteroatoms. The lowest BCUT2D eigenvalue weighted by atomic mass is 10.0. The predicted octanol–water partition coefficient (Wildman–Crippen LogP) is 5.58. The van der Waals surface area contributed by atoms with Crippen LogP contribution in [0.5, 0.6) is 5.75 Å². The van der Waals surface area contributed by atoms with Gasteiger partial charge in [0.2, 0.25) is 0 Å². The zero-order valence-corrected chi connectivity index (χ0v) is 14.1. The van der Waals surface area contributed by atoms with Gasteiger partial charge in [-0.3, -0.25) is 0 Å². The van der Waals surface area contributed by atoms with Gasteiger partial charge in [-0.2, -0.15) is 13.2 Å². The number of rotatable bonds is 3. The summed E-state index contributed by atoms with van der Waals surface area (Å²) in [5, 5.41) is 3.69. The molecule has 0 saturated heterocycles. The zero-order valence-electron chi connectivity index (χ0n) is 14.1.